The van der Waals surface area contributed by atoms with Crippen LogP contribution >= 0.6 is 0 Å². The van der Waals surface area contributed by atoms with Crippen LogP contribution < -0.4 is 10.6 Å². The fraction of sp³-hybridized carbons (Fsp3) is 0.365. The standard InChI is InChI=1S/C63H76N2/c1-12-14-16-18-20-52-40-61(59-33-31-57(38-44(59)6)65-55-28-24-51(25-29-55)63-47(9)36-42(4)48(10)49(63)11)53(21-19-17-15-13-2)39-60(52)58-32-30-56(37-43(58)5)64-54-26-22-50(23-27-54)62-45(7)34-41(3)35-46(62)8/h22-40,42,48,64-65H,12-21H2,1-11H3. The molecule has 6 aromatic rings. The lowest BCUT2D eigenvalue weighted by molar-refractivity contribution is 0.522. The molecule has 1 aliphatic carbocycles. The van der Waals surface area contributed by atoms with Crippen LogP contribution in [0.5, 0.6) is 0 Å². The highest BCUT2D eigenvalue weighted by atomic mass is 14.9. The van der Waals surface area contributed by atoms with Gasteiger partial charge in [0.2, 0.25) is 0 Å². The van der Waals surface area contributed by atoms with Crippen molar-refractivity contribution in [3.63, 3.8) is 0 Å². The van der Waals surface area contributed by atoms with Crippen LogP contribution in [0.15, 0.2) is 126 Å². The minimum absolute atomic E-state index is 0.561. The minimum Gasteiger partial charge on any atom is -0.356 e. The van der Waals surface area contributed by atoms with Crippen molar-refractivity contribution in [1.29, 1.82) is 0 Å². The molecule has 0 heterocycles. The molecule has 0 saturated carbocycles. The lowest BCUT2D eigenvalue weighted by Gasteiger charge is -2.28. The monoisotopic (exact) mass is 861 g/mol. The summed E-state index contributed by atoms with van der Waals surface area (Å²) in [5.41, 5.74) is 27.7. The van der Waals surface area contributed by atoms with Gasteiger partial charge in [-0.2, -0.15) is 0 Å². The number of nitrogens with one attached hydrogen (secondary N) is 2. The van der Waals surface area contributed by atoms with Crippen molar-refractivity contribution in [3.05, 3.63) is 171 Å². The quantitative estimate of drug-likeness (QED) is 0.0842. The maximum atomic E-state index is 3.74. The van der Waals surface area contributed by atoms with Gasteiger partial charge in [-0.25, -0.2) is 0 Å². The van der Waals surface area contributed by atoms with E-state index < -0.39 is 0 Å². The lowest BCUT2D eigenvalue weighted by Crippen LogP contribution is -2.14. The molecule has 2 atom stereocenters. The van der Waals surface area contributed by atoms with Gasteiger partial charge in [-0.1, -0.05) is 144 Å². The summed E-state index contributed by atoms with van der Waals surface area (Å²) in [4.78, 5) is 0. The summed E-state index contributed by atoms with van der Waals surface area (Å²) in [6.45, 7) is 25.1. The molecule has 0 spiro atoms. The molecule has 0 bridgehead atoms. The van der Waals surface area contributed by atoms with E-state index in [9.17, 15) is 0 Å². The van der Waals surface area contributed by atoms with Crippen molar-refractivity contribution < 1.29 is 0 Å². The number of hydrogen-bond acceptors (Lipinski definition) is 2. The molecule has 0 radical (unpaired) electrons. The van der Waals surface area contributed by atoms with Crippen LogP contribution in [0.2, 0.25) is 0 Å². The summed E-state index contributed by atoms with van der Waals surface area (Å²) >= 11 is 0. The topological polar surface area (TPSA) is 24.1 Å². The van der Waals surface area contributed by atoms with Crippen LogP contribution in [0.3, 0.4) is 0 Å². The number of aryl methyl sites for hydroxylation is 7. The van der Waals surface area contributed by atoms with Crippen LogP contribution in [0.25, 0.3) is 39.0 Å². The highest BCUT2D eigenvalue weighted by Crippen LogP contribution is 2.41. The van der Waals surface area contributed by atoms with Crippen LogP contribution in [-0.2, 0) is 12.8 Å². The Kier molecular flexibility index (Phi) is 15.7. The van der Waals surface area contributed by atoms with E-state index in [2.05, 4.69) is 202 Å². The van der Waals surface area contributed by atoms with Crippen LogP contribution in [0, 0.1) is 46.5 Å². The molecule has 0 fully saturated rings. The summed E-state index contributed by atoms with van der Waals surface area (Å²) in [7, 11) is 0. The first-order chi connectivity index (χ1) is 31.3. The maximum absolute atomic E-state index is 3.74. The zero-order valence-electron chi connectivity index (χ0n) is 41.7. The minimum atomic E-state index is 0.561. The number of hydrogen-bond donors (Lipinski definition) is 2. The summed E-state index contributed by atoms with van der Waals surface area (Å²) in [5, 5.41) is 7.47. The number of allylic oxidation sites excluding steroid dienone is 4. The molecule has 65 heavy (non-hydrogen) atoms. The SMILES string of the molecule is CCCCCCc1cc(-c2ccc(Nc3ccc(-c4c(C)cc(C)cc4C)cc3)cc2C)c(CCCCCC)cc1-c1ccc(Nc2ccc(C3=C(C)C(C)C(C)C=C3C)cc2)cc1C. The fourth-order valence-corrected chi connectivity index (χ4v) is 10.6. The summed E-state index contributed by atoms with van der Waals surface area (Å²) in [6, 6.07) is 41.7. The van der Waals surface area contributed by atoms with Gasteiger partial charge in [-0.05, 0) is 218 Å². The normalized spacial score (nSPS) is 15.0. The Morgan fingerprint density at radius 3 is 1.32 bits per heavy atom. The van der Waals surface area contributed by atoms with Gasteiger partial charge in [0, 0.05) is 22.7 Å². The Morgan fingerprint density at radius 1 is 0.431 bits per heavy atom. The first-order valence-electron chi connectivity index (χ1n) is 24.9. The Balaban J connectivity index is 1.17. The Hall–Kier alpha value is -5.60. The van der Waals surface area contributed by atoms with Gasteiger partial charge < -0.3 is 10.6 Å². The molecule has 338 valence electrons. The maximum Gasteiger partial charge on any atom is 0.0387 e. The Labute approximate surface area is 393 Å². The first-order valence-corrected chi connectivity index (χ1v) is 24.9. The number of anilines is 4. The zero-order valence-corrected chi connectivity index (χ0v) is 41.7. The van der Waals surface area contributed by atoms with Crippen molar-refractivity contribution in [2.45, 2.75) is 140 Å². The van der Waals surface area contributed by atoms with Crippen molar-refractivity contribution in [2.24, 2.45) is 11.8 Å². The van der Waals surface area contributed by atoms with Crippen LogP contribution in [0.4, 0.5) is 22.7 Å². The van der Waals surface area contributed by atoms with Crippen molar-refractivity contribution in [1.82, 2.24) is 0 Å². The third-order valence-electron chi connectivity index (χ3n) is 14.3. The Morgan fingerprint density at radius 2 is 0.877 bits per heavy atom. The van der Waals surface area contributed by atoms with E-state index in [1.807, 2.05) is 0 Å². The molecule has 2 N–H and O–H groups in total. The third-order valence-corrected chi connectivity index (χ3v) is 14.3. The molecule has 1 aliphatic rings. The predicted octanol–water partition coefficient (Wildman–Crippen LogP) is 19.0. The van der Waals surface area contributed by atoms with Crippen molar-refractivity contribution >= 4 is 28.3 Å². The lowest BCUT2D eigenvalue weighted by atomic mass is 9.77. The third kappa shape index (κ3) is 11.3. The first kappa shape index (κ1) is 47.4. The highest BCUT2D eigenvalue weighted by molar-refractivity contribution is 5.84. The molecule has 6 aromatic carbocycles. The molecule has 2 heteroatoms. The van der Waals surface area contributed by atoms with Gasteiger partial charge in [0.1, 0.15) is 0 Å². The van der Waals surface area contributed by atoms with E-state index in [1.54, 1.807) is 0 Å². The second-order valence-electron chi connectivity index (χ2n) is 19.6. The summed E-state index contributed by atoms with van der Waals surface area (Å²) in [6.07, 6.45) is 14.6. The second-order valence-corrected chi connectivity index (χ2v) is 19.6. The zero-order chi connectivity index (χ0) is 46.2. The van der Waals surface area contributed by atoms with E-state index in [-0.39, 0.29) is 0 Å². The van der Waals surface area contributed by atoms with E-state index in [0.29, 0.717) is 11.8 Å². The molecular weight excluding hydrogens is 785 g/mol. The average Bonchev–Trinajstić information content (AvgIpc) is 3.27. The Bertz CT molecular complexity index is 2630. The van der Waals surface area contributed by atoms with Gasteiger partial charge in [-0.15, -0.1) is 0 Å². The predicted molar refractivity (Wildman–Crippen MR) is 286 cm³/mol. The second kappa shape index (κ2) is 21.6. The summed E-state index contributed by atoms with van der Waals surface area (Å²) < 4.78 is 0. The van der Waals surface area contributed by atoms with Crippen molar-refractivity contribution in [2.75, 3.05) is 10.6 Å². The van der Waals surface area contributed by atoms with Crippen LogP contribution in [-0.4, -0.2) is 0 Å². The fourth-order valence-electron chi connectivity index (χ4n) is 10.6. The molecular formula is C63H76N2. The summed E-state index contributed by atoms with van der Waals surface area (Å²) in [5.74, 6) is 1.14. The molecule has 7 rings (SSSR count). The molecule has 2 unspecified atom stereocenters. The molecule has 2 nitrogen and oxygen atoms in total. The van der Waals surface area contributed by atoms with Crippen molar-refractivity contribution in [3.8, 4) is 33.4 Å². The van der Waals surface area contributed by atoms with E-state index in [4.69, 9.17) is 0 Å². The molecule has 0 saturated heterocycles. The molecule has 0 aliphatic heterocycles. The number of benzene rings is 6. The van der Waals surface area contributed by atoms with Gasteiger partial charge in [0.25, 0.3) is 0 Å². The number of rotatable bonds is 18. The molecule has 0 amide bonds. The largest absolute Gasteiger partial charge is 0.356 e. The van der Waals surface area contributed by atoms with E-state index >= 15 is 0 Å². The smallest absolute Gasteiger partial charge is 0.0387 e. The van der Waals surface area contributed by atoms with Gasteiger partial charge in [0.05, 0.1) is 0 Å². The molecule has 0 aromatic heterocycles. The highest BCUT2D eigenvalue weighted by Gasteiger charge is 2.23. The van der Waals surface area contributed by atoms with Gasteiger partial charge >= 0.3 is 0 Å². The van der Waals surface area contributed by atoms with Gasteiger partial charge in [-0.3, -0.25) is 0 Å². The number of unbranched alkanes of at least 4 members (excludes halogenated alkanes) is 6. The average molecular weight is 861 g/mol. The van der Waals surface area contributed by atoms with Crippen LogP contribution in [0.1, 0.15) is 137 Å². The van der Waals surface area contributed by atoms with E-state index in [0.717, 1.165) is 35.6 Å². The van der Waals surface area contributed by atoms with E-state index in [1.165, 1.54) is 146 Å². The van der Waals surface area contributed by atoms with Gasteiger partial charge in [0.15, 0.2) is 0 Å².